The highest BCUT2D eigenvalue weighted by Crippen LogP contribution is 2.31. The summed E-state index contributed by atoms with van der Waals surface area (Å²) in [5.41, 5.74) is 1.97. The van der Waals surface area contributed by atoms with Crippen LogP contribution in [0.2, 0.25) is 0 Å². The summed E-state index contributed by atoms with van der Waals surface area (Å²) in [5.74, 6) is 2.26. The summed E-state index contributed by atoms with van der Waals surface area (Å²) in [5, 5.41) is 4.48. The molecule has 0 spiro atoms. The van der Waals surface area contributed by atoms with Gasteiger partial charge in [-0.05, 0) is 32.8 Å². The van der Waals surface area contributed by atoms with E-state index in [2.05, 4.69) is 20.0 Å². The molecule has 0 radical (unpaired) electrons. The van der Waals surface area contributed by atoms with E-state index >= 15 is 0 Å². The van der Waals surface area contributed by atoms with Crippen molar-refractivity contribution >= 4 is 17.6 Å². The van der Waals surface area contributed by atoms with Crippen LogP contribution >= 0.6 is 0 Å². The van der Waals surface area contributed by atoms with Gasteiger partial charge in [-0.25, -0.2) is 14.6 Å². The zero-order chi connectivity index (χ0) is 20.8. The number of carbonyl (C=O) groups excluding carboxylic acids is 2. The summed E-state index contributed by atoms with van der Waals surface area (Å²) in [6.07, 6.45) is 3.60. The number of aryl methyl sites for hydroxylation is 2. The van der Waals surface area contributed by atoms with Crippen LogP contribution in [-0.2, 0) is 9.59 Å². The van der Waals surface area contributed by atoms with E-state index in [-0.39, 0.29) is 23.7 Å². The Labute approximate surface area is 175 Å². The Bertz CT molecular complexity index is 969. The lowest BCUT2D eigenvalue weighted by Gasteiger charge is -2.43. The SMILES string of the molecule is Cc1cc(C)n(-c2cc(N3CC(C(=O)N4CCN(C(=O)C5CC5)CC4)C3)ncn2)n1. The molecule has 0 unspecified atom stereocenters. The van der Waals surface area contributed by atoms with Crippen LogP contribution in [0.3, 0.4) is 0 Å². The van der Waals surface area contributed by atoms with Gasteiger partial charge in [0.05, 0.1) is 11.6 Å². The predicted molar refractivity (Wildman–Crippen MR) is 110 cm³/mol. The van der Waals surface area contributed by atoms with Crippen molar-refractivity contribution in [3.05, 3.63) is 29.8 Å². The molecule has 1 aliphatic carbocycles. The second-order valence-electron chi connectivity index (χ2n) is 8.60. The quantitative estimate of drug-likeness (QED) is 0.742. The van der Waals surface area contributed by atoms with E-state index in [0.29, 0.717) is 39.3 Å². The molecule has 3 fully saturated rings. The van der Waals surface area contributed by atoms with Crippen LogP contribution in [0.4, 0.5) is 5.82 Å². The smallest absolute Gasteiger partial charge is 0.229 e. The van der Waals surface area contributed by atoms with Crippen LogP contribution in [0, 0.1) is 25.7 Å². The lowest BCUT2D eigenvalue weighted by Crippen LogP contribution is -2.58. The number of hydrogen-bond acceptors (Lipinski definition) is 6. The fourth-order valence-corrected chi connectivity index (χ4v) is 4.30. The first-order valence-electron chi connectivity index (χ1n) is 10.7. The minimum atomic E-state index is -0.0113. The van der Waals surface area contributed by atoms with E-state index in [4.69, 9.17) is 0 Å². The van der Waals surface area contributed by atoms with E-state index in [1.807, 2.05) is 40.5 Å². The second-order valence-corrected chi connectivity index (χ2v) is 8.60. The fourth-order valence-electron chi connectivity index (χ4n) is 4.30. The molecular weight excluding hydrogens is 382 g/mol. The number of rotatable bonds is 4. The molecule has 30 heavy (non-hydrogen) atoms. The number of amides is 2. The summed E-state index contributed by atoms with van der Waals surface area (Å²) in [6.45, 7) is 7.88. The average molecular weight is 409 g/mol. The third-order valence-electron chi connectivity index (χ3n) is 6.25. The molecule has 0 aromatic carbocycles. The minimum absolute atomic E-state index is 0.0113. The molecule has 2 aromatic heterocycles. The first-order chi connectivity index (χ1) is 14.5. The Balaban J connectivity index is 1.17. The monoisotopic (exact) mass is 409 g/mol. The molecule has 9 nitrogen and oxygen atoms in total. The van der Waals surface area contributed by atoms with Gasteiger partial charge >= 0.3 is 0 Å². The average Bonchev–Trinajstić information content (AvgIpc) is 3.50. The Morgan fingerprint density at radius 1 is 0.867 bits per heavy atom. The second kappa shape index (κ2) is 7.37. The zero-order valence-corrected chi connectivity index (χ0v) is 17.5. The normalized spacial score (nSPS) is 19.7. The topological polar surface area (TPSA) is 87.5 Å². The van der Waals surface area contributed by atoms with E-state index in [1.54, 1.807) is 6.33 Å². The first-order valence-corrected chi connectivity index (χ1v) is 10.7. The Morgan fingerprint density at radius 3 is 2.03 bits per heavy atom. The van der Waals surface area contributed by atoms with Crippen molar-refractivity contribution in [2.45, 2.75) is 26.7 Å². The van der Waals surface area contributed by atoms with Gasteiger partial charge in [0.2, 0.25) is 11.8 Å². The Hall–Kier alpha value is -2.97. The molecule has 5 rings (SSSR count). The molecular formula is C21H27N7O2. The van der Waals surface area contributed by atoms with Gasteiger partial charge in [0, 0.05) is 56.9 Å². The van der Waals surface area contributed by atoms with Gasteiger partial charge in [0.1, 0.15) is 12.1 Å². The van der Waals surface area contributed by atoms with Gasteiger partial charge in [-0.1, -0.05) is 0 Å². The summed E-state index contributed by atoms with van der Waals surface area (Å²) in [7, 11) is 0. The maximum Gasteiger partial charge on any atom is 0.229 e. The molecule has 1 saturated carbocycles. The maximum absolute atomic E-state index is 12.9. The molecule has 2 saturated heterocycles. The third-order valence-corrected chi connectivity index (χ3v) is 6.25. The van der Waals surface area contributed by atoms with Crippen molar-refractivity contribution in [1.29, 1.82) is 0 Å². The summed E-state index contributed by atoms with van der Waals surface area (Å²) in [6, 6.07) is 3.93. The van der Waals surface area contributed by atoms with E-state index in [9.17, 15) is 9.59 Å². The molecule has 2 aromatic rings. The van der Waals surface area contributed by atoms with Gasteiger partial charge in [-0.15, -0.1) is 0 Å². The van der Waals surface area contributed by atoms with Gasteiger partial charge < -0.3 is 14.7 Å². The van der Waals surface area contributed by atoms with Crippen molar-refractivity contribution in [3.8, 4) is 5.82 Å². The predicted octanol–water partition coefficient (Wildman–Crippen LogP) is 0.796. The molecule has 0 bridgehead atoms. The molecule has 9 heteroatoms. The lowest BCUT2D eigenvalue weighted by molar-refractivity contribution is -0.143. The maximum atomic E-state index is 12.9. The van der Waals surface area contributed by atoms with Crippen LogP contribution < -0.4 is 4.90 Å². The fraction of sp³-hybridized carbons (Fsp3) is 0.571. The highest BCUT2D eigenvalue weighted by molar-refractivity contribution is 5.83. The number of aromatic nitrogens is 4. The van der Waals surface area contributed by atoms with Crippen molar-refractivity contribution in [2.75, 3.05) is 44.2 Å². The minimum Gasteiger partial charge on any atom is -0.355 e. The van der Waals surface area contributed by atoms with Crippen molar-refractivity contribution in [1.82, 2.24) is 29.5 Å². The van der Waals surface area contributed by atoms with Crippen molar-refractivity contribution in [2.24, 2.45) is 11.8 Å². The van der Waals surface area contributed by atoms with Crippen LogP contribution in [0.25, 0.3) is 5.82 Å². The largest absolute Gasteiger partial charge is 0.355 e. The molecule has 0 atom stereocenters. The van der Waals surface area contributed by atoms with Crippen LogP contribution in [0.1, 0.15) is 24.2 Å². The molecule has 3 aliphatic rings. The van der Waals surface area contributed by atoms with Crippen LogP contribution in [0.15, 0.2) is 18.5 Å². The Morgan fingerprint density at radius 2 is 1.47 bits per heavy atom. The zero-order valence-electron chi connectivity index (χ0n) is 17.5. The number of piperazine rings is 1. The van der Waals surface area contributed by atoms with E-state index in [1.165, 1.54) is 0 Å². The third kappa shape index (κ3) is 3.53. The molecule has 2 aliphatic heterocycles. The standard InChI is InChI=1S/C21H27N7O2/c1-14-9-15(2)28(24-14)19-10-18(22-13-23-19)27-11-17(12-27)21(30)26-7-5-25(6-8-26)20(29)16-3-4-16/h9-10,13,16-17H,3-8,11-12H2,1-2H3. The number of nitrogens with zero attached hydrogens (tertiary/aromatic N) is 7. The number of hydrogen-bond donors (Lipinski definition) is 0. The molecule has 158 valence electrons. The van der Waals surface area contributed by atoms with Gasteiger partial charge in [-0.3, -0.25) is 9.59 Å². The summed E-state index contributed by atoms with van der Waals surface area (Å²) in [4.78, 5) is 39.7. The van der Waals surface area contributed by atoms with E-state index < -0.39 is 0 Å². The molecule has 0 N–H and O–H groups in total. The molecule has 4 heterocycles. The van der Waals surface area contributed by atoms with Gasteiger partial charge in [-0.2, -0.15) is 5.10 Å². The van der Waals surface area contributed by atoms with Gasteiger partial charge in [0.25, 0.3) is 0 Å². The Kier molecular flexibility index (Phi) is 4.67. The van der Waals surface area contributed by atoms with Crippen LogP contribution in [-0.4, -0.2) is 80.6 Å². The summed E-state index contributed by atoms with van der Waals surface area (Å²) >= 11 is 0. The highest BCUT2D eigenvalue weighted by atomic mass is 16.2. The summed E-state index contributed by atoms with van der Waals surface area (Å²) < 4.78 is 1.81. The van der Waals surface area contributed by atoms with Crippen LogP contribution in [0.5, 0.6) is 0 Å². The number of carbonyl (C=O) groups is 2. The molecule has 2 amide bonds. The number of anilines is 1. The van der Waals surface area contributed by atoms with E-state index in [0.717, 1.165) is 35.9 Å². The van der Waals surface area contributed by atoms with Crippen molar-refractivity contribution in [3.63, 3.8) is 0 Å². The lowest BCUT2D eigenvalue weighted by atomic mass is 9.98. The van der Waals surface area contributed by atoms with Gasteiger partial charge in [0.15, 0.2) is 5.82 Å². The van der Waals surface area contributed by atoms with Crippen molar-refractivity contribution < 1.29 is 9.59 Å². The first kappa shape index (κ1) is 19.0. The highest BCUT2D eigenvalue weighted by Gasteiger charge is 2.39.